The van der Waals surface area contributed by atoms with E-state index in [4.69, 9.17) is 23.2 Å². The lowest BCUT2D eigenvalue weighted by Gasteiger charge is -2.03. The van der Waals surface area contributed by atoms with Crippen LogP contribution >= 0.6 is 23.2 Å². The summed E-state index contributed by atoms with van der Waals surface area (Å²) < 4.78 is 2.11. The number of rotatable bonds is 1. The van der Waals surface area contributed by atoms with Gasteiger partial charge in [0.2, 0.25) is 0 Å². The van der Waals surface area contributed by atoms with E-state index in [9.17, 15) is 0 Å². The summed E-state index contributed by atoms with van der Waals surface area (Å²) in [5, 5.41) is 1.38. The molecule has 60 valence electrons. The maximum Gasteiger partial charge on any atom is 0.128 e. The van der Waals surface area contributed by atoms with Crippen LogP contribution in [-0.4, -0.2) is 4.57 Å². The number of hydrogen-bond acceptors (Lipinski definition) is 0. The van der Waals surface area contributed by atoms with Gasteiger partial charge in [0.15, 0.2) is 0 Å². The van der Waals surface area contributed by atoms with Gasteiger partial charge in [-0.05, 0) is 25.8 Å². The van der Waals surface area contributed by atoms with Gasteiger partial charge in [0.1, 0.15) is 5.15 Å². The molecule has 0 saturated heterocycles. The van der Waals surface area contributed by atoms with Crippen molar-refractivity contribution >= 4 is 23.2 Å². The zero-order chi connectivity index (χ0) is 8.01. The standard InChI is InChI=1S/C8H9Cl2N/c1-5-4-7(9)8(10)11(5)6-2-3-6/h4,6H,2-3H2,1H3. The molecule has 1 heterocycles. The first-order chi connectivity index (χ1) is 5.20. The Balaban J connectivity index is 2.50. The van der Waals surface area contributed by atoms with Crippen LogP contribution in [0.3, 0.4) is 0 Å². The van der Waals surface area contributed by atoms with Crippen molar-refractivity contribution < 1.29 is 0 Å². The van der Waals surface area contributed by atoms with Crippen LogP contribution in [-0.2, 0) is 0 Å². The molecule has 1 aromatic heterocycles. The van der Waals surface area contributed by atoms with Crippen molar-refractivity contribution in [3.63, 3.8) is 0 Å². The van der Waals surface area contributed by atoms with Gasteiger partial charge in [-0.2, -0.15) is 0 Å². The van der Waals surface area contributed by atoms with Crippen LogP contribution in [0.2, 0.25) is 10.2 Å². The molecule has 1 fully saturated rings. The molecule has 0 N–H and O–H groups in total. The molecular weight excluding hydrogens is 181 g/mol. The Bertz CT molecular complexity index is 287. The molecule has 1 nitrogen and oxygen atoms in total. The van der Waals surface area contributed by atoms with E-state index < -0.39 is 0 Å². The van der Waals surface area contributed by atoms with E-state index in [1.165, 1.54) is 18.5 Å². The Labute approximate surface area is 75.9 Å². The second-order valence-corrected chi connectivity index (χ2v) is 3.79. The Morgan fingerprint density at radius 3 is 2.45 bits per heavy atom. The van der Waals surface area contributed by atoms with Crippen molar-refractivity contribution in [2.24, 2.45) is 0 Å². The monoisotopic (exact) mass is 189 g/mol. The molecule has 11 heavy (non-hydrogen) atoms. The summed E-state index contributed by atoms with van der Waals surface area (Å²) in [6.07, 6.45) is 2.48. The third kappa shape index (κ3) is 1.17. The molecular formula is C8H9Cl2N. The smallest absolute Gasteiger partial charge is 0.128 e. The fourth-order valence-electron chi connectivity index (χ4n) is 1.36. The lowest BCUT2D eigenvalue weighted by Crippen LogP contribution is -1.95. The Morgan fingerprint density at radius 1 is 1.45 bits per heavy atom. The molecule has 3 heteroatoms. The third-order valence-electron chi connectivity index (χ3n) is 2.04. The highest BCUT2D eigenvalue weighted by atomic mass is 35.5. The maximum absolute atomic E-state index is 5.98. The van der Waals surface area contributed by atoms with Crippen molar-refractivity contribution in [3.8, 4) is 0 Å². The predicted octanol–water partition coefficient (Wildman–Crippen LogP) is 3.44. The van der Waals surface area contributed by atoms with Gasteiger partial charge >= 0.3 is 0 Å². The molecule has 0 unspecified atom stereocenters. The summed E-state index contributed by atoms with van der Waals surface area (Å²) in [5.41, 5.74) is 1.17. The average molecular weight is 190 g/mol. The van der Waals surface area contributed by atoms with Gasteiger partial charge in [-0.15, -0.1) is 0 Å². The first-order valence-electron chi connectivity index (χ1n) is 3.73. The van der Waals surface area contributed by atoms with Gasteiger partial charge in [-0.1, -0.05) is 23.2 Å². The molecule has 0 aromatic carbocycles. The van der Waals surface area contributed by atoms with E-state index >= 15 is 0 Å². The van der Waals surface area contributed by atoms with Gasteiger partial charge in [0.25, 0.3) is 0 Å². The highest BCUT2D eigenvalue weighted by Gasteiger charge is 2.27. The zero-order valence-corrected chi connectivity index (χ0v) is 7.78. The summed E-state index contributed by atoms with van der Waals surface area (Å²) in [6.45, 7) is 2.04. The van der Waals surface area contributed by atoms with Gasteiger partial charge in [-0.25, -0.2) is 0 Å². The van der Waals surface area contributed by atoms with Crippen molar-refractivity contribution in [1.82, 2.24) is 4.57 Å². The minimum absolute atomic E-state index is 0.620. The van der Waals surface area contributed by atoms with Crippen LogP contribution in [0.4, 0.5) is 0 Å². The maximum atomic E-state index is 5.98. The second-order valence-electron chi connectivity index (χ2n) is 3.03. The summed E-state index contributed by atoms with van der Waals surface area (Å²) in [5.74, 6) is 0. The lowest BCUT2D eigenvalue weighted by molar-refractivity contribution is 0.724. The molecule has 2 rings (SSSR count). The van der Waals surface area contributed by atoms with E-state index in [0.29, 0.717) is 16.2 Å². The SMILES string of the molecule is Cc1cc(Cl)c(Cl)n1C1CC1. The lowest BCUT2D eigenvalue weighted by atomic mass is 10.5. The van der Waals surface area contributed by atoms with Gasteiger partial charge in [0, 0.05) is 11.7 Å². The number of halogens is 2. The molecule has 1 aromatic rings. The number of hydrogen-bond donors (Lipinski definition) is 0. The molecule has 0 bridgehead atoms. The number of nitrogens with zero attached hydrogens (tertiary/aromatic N) is 1. The molecule has 1 saturated carbocycles. The highest BCUT2D eigenvalue weighted by molar-refractivity contribution is 6.41. The van der Waals surface area contributed by atoms with Crippen molar-refractivity contribution in [1.29, 1.82) is 0 Å². The van der Waals surface area contributed by atoms with Gasteiger partial charge < -0.3 is 4.57 Å². The largest absolute Gasteiger partial charge is 0.332 e. The van der Waals surface area contributed by atoms with E-state index in [1.807, 2.05) is 13.0 Å². The molecule has 0 radical (unpaired) electrons. The minimum Gasteiger partial charge on any atom is -0.332 e. The highest BCUT2D eigenvalue weighted by Crippen LogP contribution is 2.41. The minimum atomic E-state index is 0.620. The summed E-state index contributed by atoms with van der Waals surface area (Å²) in [4.78, 5) is 0. The topological polar surface area (TPSA) is 4.93 Å². The summed E-state index contributed by atoms with van der Waals surface area (Å²) >= 11 is 11.8. The summed E-state index contributed by atoms with van der Waals surface area (Å²) in [7, 11) is 0. The van der Waals surface area contributed by atoms with Gasteiger partial charge in [-0.3, -0.25) is 0 Å². The first-order valence-corrected chi connectivity index (χ1v) is 4.48. The molecule has 1 aliphatic rings. The molecule has 0 atom stereocenters. The van der Waals surface area contributed by atoms with E-state index in [0.717, 1.165) is 0 Å². The normalized spacial score (nSPS) is 17.4. The Morgan fingerprint density at radius 2 is 2.09 bits per heavy atom. The predicted molar refractivity (Wildman–Crippen MR) is 47.5 cm³/mol. The van der Waals surface area contributed by atoms with Crippen molar-refractivity contribution in [2.45, 2.75) is 25.8 Å². The third-order valence-corrected chi connectivity index (χ3v) is 2.81. The quantitative estimate of drug-likeness (QED) is 0.639. The average Bonchev–Trinajstić information content (AvgIpc) is 2.68. The van der Waals surface area contributed by atoms with E-state index in [-0.39, 0.29) is 0 Å². The first kappa shape index (κ1) is 7.51. The van der Waals surface area contributed by atoms with Crippen LogP contribution < -0.4 is 0 Å². The van der Waals surface area contributed by atoms with Gasteiger partial charge in [0.05, 0.1) is 5.02 Å². The number of aromatic nitrogens is 1. The molecule has 1 aliphatic carbocycles. The van der Waals surface area contributed by atoms with Crippen LogP contribution in [0.15, 0.2) is 6.07 Å². The van der Waals surface area contributed by atoms with Crippen LogP contribution in [0.1, 0.15) is 24.6 Å². The molecule has 0 amide bonds. The molecule has 0 spiro atoms. The van der Waals surface area contributed by atoms with Crippen LogP contribution in [0.25, 0.3) is 0 Å². The Hall–Kier alpha value is -0.140. The Kier molecular flexibility index (Phi) is 1.66. The zero-order valence-electron chi connectivity index (χ0n) is 6.27. The molecule has 0 aliphatic heterocycles. The van der Waals surface area contributed by atoms with Crippen LogP contribution in [0, 0.1) is 6.92 Å². The number of aryl methyl sites for hydroxylation is 1. The van der Waals surface area contributed by atoms with Crippen LogP contribution in [0.5, 0.6) is 0 Å². The second kappa shape index (κ2) is 2.43. The fourth-order valence-corrected chi connectivity index (χ4v) is 1.94. The fraction of sp³-hybridized carbons (Fsp3) is 0.500. The summed E-state index contributed by atoms with van der Waals surface area (Å²) in [6, 6.07) is 2.54. The van der Waals surface area contributed by atoms with Crippen molar-refractivity contribution in [2.75, 3.05) is 0 Å². The van der Waals surface area contributed by atoms with E-state index in [2.05, 4.69) is 4.57 Å². The van der Waals surface area contributed by atoms with Crippen molar-refractivity contribution in [3.05, 3.63) is 21.9 Å². The van der Waals surface area contributed by atoms with E-state index in [1.54, 1.807) is 0 Å².